The van der Waals surface area contributed by atoms with Crippen LogP contribution in [0.3, 0.4) is 0 Å². The molecule has 0 aliphatic rings. The predicted octanol–water partition coefficient (Wildman–Crippen LogP) is 3.59. The van der Waals surface area contributed by atoms with Crippen LogP contribution in [-0.2, 0) is 0 Å². The summed E-state index contributed by atoms with van der Waals surface area (Å²) in [5.41, 5.74) is 3.04. The molecular formula is C18H14N6O. The number of pyridine rings is 1. The van der Waals surface area contributed by atoms with Crippen molar-refractivity contribution in [2.75, 3.05) is 5.32 Å². The monoisotopic (exact) mass is 330 g/mol. The zero-order valence-corrected chi connectivity index (χ0v) is 13.4. The summed E-state index contributed by atoms with van der Waals surface area (Å²) >= 11 is 0. The molecule has 4 heterocycles. The van der Waals surface area contributed by atoms with Crippen LogP contribution in [0.15, 0.2) is 59.4 Å². The van der Waals surface area contributed by atoms with E-state index in [2.05, 4.69) is 25.5 Å². The van der Waals surface area contributed by atoms with Crippen molar-refractivity contribution in [1.82, 2.24) is 24.6 Å². The lowest BCUT2D eigenvalue weighted by Crippen LogP contribution is -2.11. The molecule has 5 aromatic rings. The second-order valence-electron chi connectivity index (χ2n) is 5.85. The Hall–Kier alpha value is -3.48. The van der Waals surface area contributed by atoms with Crippen molar-refractivity contribution < 1.29 is 4.42 Å². The van der Waals surface area contributed by atoms with E-state index >= 15 is 0 Å². The van der Waals surface area contributed by atoms with Crippen LogP contribution >= 0.6 is 0 Å². The van der Waals surface area contributed by atoms with Crippen LogP contribution in [0.25, 0.3) is 27.7 Å². The highest BCUT2D eigenvalue weighted by atomic mass is 16.3. The fourth-order valence-corrected chi connectivity index (χ4v) is 3.05. The lowest BCUT2D eigenvalue weighted by Gasteiger charge is -2.12. The van der Waals surface area contributed by atoms with E-state index in [0.29, 0.717) is 11.4 Å². The van der Waals surface area contributed by atoms with E-state index < -0.39 is 0 Å². The molecule has 7 heteroatoms. The van der Waals surface area contributed by atoms with Gasteiger partial charge in [-0.15, -0.1) is 10.2 Å². The highest BCUT2D eigenvalue weighted by Crippen LogP contribution is 2.31. The average Bonchev–Trinajstić information content (AvgIpc) is 3.24. The predicted molar refractivity (Wildman–Crippen MR) is 94.3 cm³/mol. The molecular weight excluding hydrogens is 316 g/mol. The van der Waals surface area contributed by atoms with Crippen molar-refractivity contribution in [3.63, 3.8) is 0 Å². The number of hydrogen-bond donors (Lipinski definition) is 1. The van der Waals surface area contributed by atoms with Gasteiger partial charge in [-0.1, -0.05) is 18.2 Å². The highest BCUT2D eigenvalue weighted by Gasteiger charge is 2.18. The summed E-state index contributed by atoms with van der Waals surface area (Å²) in [6.45, 7) is 2.01. The topological polar surface area (TPSA) is 81.1 Å². The highest BCUT2D eigenvalue weighted by molar-refractivity contribution is 6.05. The second-order valence-corrected chi connectivity index (χ2v) is 5.85. The lowest BCUT2D eigenvalue weighted by atomic mass is 10.2. The van der Waals surface area contributed by atoms with Gasteiger partial charge in [-0.3, -0.25) is 4.40 Å². The van der Waals surface area contributed by atoms with Gasteiger partial charge in [0.05, 0.1) is 6.04 Å². The third-order valence-electron chi connectivity index (χ3n) is 4.24. The molecule has 1 atom stereocenters. The van der Waals surface area contributed by atoms with E-state index in [-0.39, 0.29) is 6.04 Å². The molecule has 0 fully saturated rings. The van der Waals surface area contributed by atoms with Crippen molar-refractivity contribution in [2.45, 2.75) is 13.0 Å². The van der Waals surface area contributed by atoms with Crippen LogP contribution in [0.2, 0.25) is 0 Å². The van der Waals surface area contributed by atoms with Crippen LogP contribution in [0.5, 0.6) is 0 Å². The molecule has 0 saturated heterocycles. The first-order chi connectivity index (χ1) is 12.3. The molecule has 0 bridgehead atoms. The molecule has 0 aliphatic heterocycles. The summed E-state index contributed by atoms with van der Waals surface area (Å²) in [4.78, 5) is 8.73. The van der Waals surface area contributed by atoms with E-state index in [9.17, 15) is 0 Å². The molecule has 0 aliphatic carbocycles. The van der Waals surface area contributed by atoms with Crippen LogP contribution in [0.1, 0.15) is 18.8 Å². The number of benzene rings is 1. The van der Waals surface area contributed by atoms with Crippen LogP contribution in [0.4, 0.5) is 5.82 Å². The maximum Gasteiger partial charge on any atom is 0.196 e. The maximum absolute atomic E-state index is 5.96. The van der Waals surface area contributed by atoms with E-state index in [1.54, 1.807) is 6.33 Å². The summed E-state index contributed by atoms with van der Waals surface area (Å²) in [7, 11) is 0. The molecule has 0 radical (unpaired) electrons. The van der Waals surface area contributed by atoms with Gasteiger partial charge in [-0.25, -0.2) is 9.97 Å². The van der Waals surface area contributed by atoms with Crippen molar-refractivity contribution in [2.24, 2.45) is 0 Å². The summed E-state index contributed by atoms with van der Waals surface area (Å²) in [5, 5.41) is 12.8. The van der Waals surface area contributed by atoms with Crippen LogP contribution < -0.4 is 5.32 Å². The van der Waals surface area contributed by atoms with Crippen molar-refractivity contribution in [3.8, 4) is 0 Å². The first-order valence-corrected chi connectivity index (χ1v) is 8.00. The van der Waals surface area contributed by atoms with Crippen LogP contribution in [0, 0.1) is 0 Å². The lowest BCUT2D eigenvalue weighted by molar-refractivity contribution is 0.663. The Bertz CT molecular complexity index is 1210. The molecule has 122 valence electrons. The molecule has 4 aromatic heterocycles. The quantitative estimate of drug-likeness (QED) is 0.544. The van der Waals surface area contributed by atoms with Crippen molar-refractivity contribution in [3.05, 3.63) is 60.8 Å². The Morgan fingerprint density at radius 3 is 2.88 bits per heavy atom. The molecule has 5 rings (SSSR count). The summed E-state index contributed by atoms with van der Waals surface area (Å²) in [6, 6.07) is 13.5. The third-order valence-corrected chi connectivity index (χ3v) is 4.24. The van der Waals surface area contributed by atoms with E-state index in [4.69, 9.17) is 4.42 Å². The fraction of sp³-hybridized carbons (Fsp3) is 0.111. The van der Waals surface area contributed by atoms with Gasteiger partial charge in [0.25, 0.3) is 0 Å². The second kappa shape index (κ2) is 5.27. The first kappa shape index (κ1) is 13.9. The smallest absolute Gasteiger partial charge is 0.196 e. The first-order valence-electron chi connectivity index (χ1n) is 8.00. The molecule has 7 nitrogen and oxygen atoms in total. The van der Waals surface area contributed by atoms with Crippen molar-refractivity contribution >= 4 is 33.5 Å². The van der Waals surface area contributed by atoms with E-state index in [1.165, 1.54) is 0 Å². The molecule has 0 spiro atoms. The number of aromatic nitrogens is 5. The van der Waals surface area contributed by atoms with Gasteiger partial charge >= 0.3 is 0 Å². The standard InChI is InChI=1S/C18H14N6O/c1-11(18-23-22-14-8-4-5-9-24(14)18)21-17-16-15(19-10-20-17)12-6-2-3-7-13(12)25-16/h2-11H,1H3,(H,19,20,21). The molecule has 1 unspecified atom stereocenters. The minimum atomic E-state index is -0.108. The number of hydrogen-bond acceptors (Lipinski definition) is 6. The zero-order valence-electron chi connectivity index (χ0n) is 13.4. The zero-order chi connectivity index (χ0) is 16.8. The number of furan rings is 1. The molecule has 1 aromatic carbocycles. The molecule has 0 saturated carbocycles. The number of fused-ring (bicyclic) bond motifs is 4. The Balaban J connectivity index is 1.59. The minimum Gasteiger partial charge on any atom is -0.450 e. The Morgan fingerprint density at radius 1 is 1.04 bits per heavy atom. The minimum absolute atomic E-state index is 0.108. The average molecular weight is 330 g/mol. The van der Waals surface area contributed by atoms with Gasteiger partial charge in [-0.05, 0) is 31.2 Å². The number of rotatable bonds is 3. The normalized spacial score (nSPS) is 12.8. The molecule has 0 amide bonds. The third kappa shape index (κ3) is 2.13. The summed E-state index contributed by atoms with van der Waals surface area (Å²) in [5.74, 6) is 1.44. The maximum atomic E-state index is 5.96. The largest absolute Gasteiger partial charge is 0.450 e. The van der Waals surface area contributed by atoms with Gasteiger partial charge in [0.2, 0.25) is 0 Å². The number of nitrogens with one attached hydrogen (secondary N) is 1. The van der Waals surface area contributed by atoms with Crippen molar-refractivity contribution in [1.29, 1.82) is 0 Å². The van der Waals surface area contributed by atoms with E-state index in [1.807, 2.05) is 60.0 Å². The summed E-state index contributed by atoms with van der Waals surface area (Å²) < 4.78 is 7.91. The SMILES string of the molecule is CC(Nc1ncnc2c1oc1ccccc12)c1nnc2ccccn12. The summed E-state index contributed by atoms with van der Waals surface area (Å²) in [6.07, 6.45) is 3.49. The Kier molecular flexibility index (Phi) is 2.93. The molecule has 25 heavy (non-hydrogen) atoms. The van der Waals surface area contributed by atoms with E-state index in [0.717, 1.165) is 28.0 Å². The Labute approximate surface area is 142 Å². The van der Waals surface area contributed by atoms with Gasteiger partial charge in [0.1, 0.15) is 17.4 Å². The number of nitrogens with zero attached hydrogens (tertiary/aromatic N) is 5. The van der Waals surface area contributed by atoms with Gasteiger partial charge in [-0.2, -0.15) is 0 Å². The van der Waals surface area contributed by atoms with Gasteiger partial charge < -0.3 is 9.73 Å². The fourth-order valence-electron chi connectivity index (χ4n) is 3.05. The molecule has 1 N–H and O–H groups in total. The number of para-hydroxylation sites is 1. The Morgan fingerprint density at radius 2 is 1.92 bits per heavy atom. The number of anilines is 1. The van der Waals surface area contributed by atoms with Crippen LogP contribution in [-0.4, -0.2) is 24.6 Å². The van der Waals surface area contributed by atoms with Gasteiger partial charge in [0.15, 0.2) is 22.9 Å². The van der Waals surface area contributed by atoms with Gasteiger partial charge in [0, 0.05) is 11.6 Å².